The first-order chi connectivity index (χ1) is 10.2. The third-order valence-electron chi connectivity index (χ3n) is 4.36. The van der Waals surface area contributed by atoms with Crippen LogP contribution in [0, 0.1) is 6.92 Å². The molecule has 0 spiro atoms. The maximum absolute atomic E-state index is 11.8. The number of furan rings is 1. The van der Waals surface area contributed by atoms with Crippen LogP contribution in [-0.4, -0.2) is 49.3 Å². The summed E-state index contributed by atoms with van der Waals surface area (Å²) in [5.74, 6) is 0.839. The van der Waals surface area contributed by atoms with Gasteiger partial charge in [0.1, 0.15) is 5.76 Å². The molecule has 2 aliphatic rings. The molecule has 2 unspecified atom stereocenters. The number of amides is 2. The highest BCUT2D eigenvalue weighted by Gasteiger charge is 2.32. The summed E-state index contributed by atoms with van der Waals surface area (Å²) in [6.07, 6.45) is 4.23. The average molecular weight is 293 g/mol. The van der Waals surface area contributed by atoms with Crippen molar-refractivity contribution in [1.82, 2.24) is 15.5 Å². The van der Waals surface area contributed by atoms with Crippen LogP contribution in [0.1, 0.15) is 24.2 Å². The minimum Gasteiger partial charge on any atom is -0.469 e. The zero-order chi connectivity index (χ0) is 14.7. The number of morpholine rings is 1. The van der Waals surface area contributed by atoms with Crippen LogP contribution in [0.25, 0.3) is 0 Å². The summed E-state index contributed by atoms with van der Waals surface area (Å²) < 4.78 is 11.0. The monoisotopic (exact) mass is 293 g/mol. The molecule has 3 rings (SSSR count). The molecule has 21 heavy (non-hydrogen) atoms. The second-order valence-electron chi connectivity index (χ2n) is 5.81. The maximum atomic E-state index is 11.8. The van der Waals surface area contributed by atoms with Crippen LogP contribution in [0.3, 0.4) is 0 Å². The number of nitrogens with zero attached hydrogens (tertiary/aromatic N) is 1. The Labute approximate surface area is 124 Å². The molecule has 116 valence electrons. The van der Waals surface area contributed by atoms with Crippen LogP contribution >= 0.6 is 0 Å². The van der Waals surface area contributed by atoms with Crippen molar-refractivity contribution in [3.05, 3.63) is 23.7 Å². The molecular weight excluding hydrogens is 270 g/mol. The summed E-state index contributed by atoms with van der Waals surface area (Å²) in [4.78, 5) is 14.3. The Morgan fingerprint density at radius 3 is 3.19 bits per heavy atom. The summed E-state index contributed by atoms with van der Waals surface area (Å²) in [5, 5.41) is 5.71. The van der Waals surface area contributed by atoms with Crippen LogP contribution < -0.4 is 10.6 Å². The Morgan fingerprint density at radius 1 is 1.48 bits per heavy atom. The Balaban J connectivity index is 1.37. The van der Waals surface area contributed by atoms with E-state index in [2.05, 4.69) is 15.5 Å². The van der Waals surface area contributed by atoms with Gasteiger partial charge in [0.15, 0.2) is 0 Å². The number of hydrogen-bond donors (Lipinski definition) is 2. The molecular formula is C15H23N3O3. The topological polar surface area (TPSA) is 66.7 Å². The first kappa shape index (κ1) is 14.4. The molecule has 0 saturated carbocycles. The van der Waals surface area contributed by atoms with E-state index in [4.69, 9.17) is 9.15 Å². The highest BCUT2D eigenvalue weighted by Crippen LogP contribution is 2.22. The Morgan fingerprint density at radius 2 is 2.38 bits per heavy atom. The van der Waals surface area contributed by atoms with Crippen molar-refractivity contribution in [3.63, 3.8) is 0 Å². The third kappa shape index (κ3) is 3.57. The van der Waals surface area contributed by atoms with Gasteiger partial charge in [-0.2, -0.15) is 0 Å². The smallest absolute Gasteiger partial charge is 0.315 e. The molecule has 2 N–H and O–H groups in total. The lowest BCUT2D eigenvalue weighted by Crippen LogP contribution is -2.51. The van der Waals surface area contributed by atoms with E-state index in [0.29, 0.717) is 19.1 Å². The van der Waals surface area contributed by atoms with Crippen molar-refractivity contribution < 1.29 is 13.9 Å². The molecule has 2 saturated heterocycles. The van der Waals surface area contributed by atoms with Crippen LogP contribution in [-0.2, 0) is 11.3 Å². The van der Waals surface area contributed by atoms with Gasteiger partial charge >= 0.3 is 6.03 Å². The quantitative estimate of drug-likeness (QED) is 0.877. The van der Waals surface area contributed by atoms with Crippen molar-refractivity contribution in [1.29, 1.82) is 0 Å². The van der Waals surface area contributed by atoms with E-state index < -0.39 is 0 Å². The summed E-state index contributed by atoms with van der Waals surface area (Å²) in [6.45, 7) is 5.80. The second-order valence-corrected chi connectivity index (χ2v) is 5.81. The highest BCUT2D eigenvalue weighted by atomic mass is 16.5. The number of ether oxygens (including phenoxy) is 1. The van der Waals surface area contributed by atoms with E-state index in [1.54, 1.807) is 6.26 Å². The molecule has 0 radical (unpaired) electrons. The molecule has 2 amide bonds. The van der Waals surface area contributed by atoms with E-state index in [1.165, 1.54) is 12.8 Å². The van der Waals surface area contributed by atoms with E-state index >= 15 is 0 Å². The number of nitrogens with one attached hydrogen (secondary N) is 2. The van der Waals surface area contributed by atoms with Gasteiger partial charge in [-0.1, -0.05) is 0 Å². The first-order valence-electron chi connectivity index (χ1n) is 7.62. The molecule has 2 atom stereocenters. The van der Waals surface area contributed by atoms with E-state index in [0.717, 1.165) is 31.0 Å². The summed E-state index contributed by atoms with van der Waals surface area (Å²) in [7, 11) is 0. The largest absolute Gasteiger partial charge is 0.469 e. The molecule has 2 aliphatic heterocycles. The second kappa shape index (κ2) is 6.49. The summed E-state index contributed by atoms with van der Waals surface area (Å²) >= 11 is 0. The number of urea groups is 1. The number of rotatable bonds is 4. The molecule has 1 aromatic rings. The van der Waals surface area contributed by atoms with E-state index in [1.807, 2.05) is 13.0 Å². The molecule has 0 aromatic carbocycles. The van der Waals surface area contributed by atoms with Crippen LogP contribution in [0.5, 0.6) is 0 Å². The van der Waals surface area contributed by atoms with Gasteiger partial charge in [0.05, 0.1) is 19.0 Å². The highest BCUT2D eigenvalue weighted by molar-refractivity contribution is 5.73. The fourth-order valence-corrected chi connectivity index (χ4v) is 3.05. The van der Waals surface area contributed by atoms with Gasteiger partial charge in [0.25, 0.3) is 0 Å². The summed E-state index contributed by atoms with van der Waals surface area (Å²) in [6, 6.07) is 2.30. The van der Waals surface area contributed by atoms with Crippen molar-refractivity contribution in [2.24, 2.45) is 0 Å². The van der Waals surface area contributed by atoms with Gasteiger partial charge in [-0.05, 0) is 32.4 Å². The van der Waals surface area contributed by atoms with Crippen molar-refractivity contribution >= 4 is 6.03 Å². The normalized spacial score (nSPS) is 25.6. The molecule has 0 bridgehead atoms. The van der Waals surface area contributed by atoms with Crippen LogP contribution in [0.4, 0.5) is 4.79 Å². The van der Waals surface area contributed by atoms with Gasteiger partial charge in [-0.25, -0.2) is 4.79 Å². The maximum Gasteiger partial charge on any atom is 0.315 e. The predicted octanol–water partition coefficient (Wildman–Crippen LogP) is 1.25. The summed E-state index contributed by atoms with van der Waals surface area (Å²) in [5.41, 5.74) is 0.999. The lowest BCUT2D eigenvalue weighted by atomic mass is 10.2. The van der Waals surface area contributed by atoms with Gasteiger partial charge in [0.2, 0.25) is 0 Å². The molecule has 6 nitrogen and oxygen atoms in total. The van der Waals surface area contributed by atoms with Gasteiger partial charge in [0, 0.05) is 31.2 Å². The number of carbonyl (C=O) groups excluding carboxylic acids is 1. The fourth-order valence-electron chi connectivity index (χ4n) is 3.05. The zero-order valence-corrected chi connectivity index (χ0v) is 12.4. The third-order valence-corrected chi connectivity index (χ3v) is 4.36. The SMILES string of the molecule is Cc1occc1CNC(=O)NCC1CN2CCCC2CO1. The molecule has 1 aromatic heterocycles. The fraction of sp³-hybridized carbons (Fsp3) is 0.667. The first-order valence-corrected chi connectivity index (χ1v) is 7.62. The van der Waals surface area contributed by atoms with Crippen molar-refractivity contribution in [2.75, 3.05) is 26.2 Å². The number of fused-ring (bicyclic) bond motifs is 1. The number of hydrogen-bond acceptors (Lipinski definition) is 4. The predicted molar refractivity (Wildman–Crippen MR) is 78.0 cm³/mol. The minimum absolute atomic E-state index is 0.0979. The van der Waals surface area contributed by atoms with Gasteiger partial charge in [-0.3, -0.25) is 4.90 Å². The Bertz CT molecular complexity index is 488. The van der Waals surface area contributed by atoms with Gasteiger partial charge < -0.3 is 19.8 Å². The number of carbonyl (C=O) groups is 1. The van der Waals surface area contributed by atoms with Crippen LogP contribution in [0.15, 0.2) is 16.7 Å². The van der Waals surface area contributed by atoms with Crippen LogP contribution in [0.2, 0.25) is 0 Å². The Kier molecular flexibility index (Phi) is 4.45. The standard InChI is InChI=1S/C15H23N3O3/c1-11-12(4-6-20-11)7-16-15(19)17-8-14-9-18-5-2-3-13(18)10-21-14/h4,6,13-14H,2-3,5,7-10H2,1H3,(H2,16,17,19). The zero-order valence-electron chi connectivity index (χ0n) is 12.4. The lowest BCUT2D eigenvalue weighted by molar-refractivity contribution is -0.0457. The van der Waals surface area contributed by atoms with Crippen molar-refractivity contribution in [2.45, 2.75) is 38.5 Å². The van der Waals surface area contributed by atoms with Crippen molar-refractivity contribution in [3.8, 4) is 0 Å². The average Bonchev–Trinajstić information content (AvgIpc) is 3.11. The lowest BCUT2D eigenvalue weighted by Gasteiger charge is -2.35. The Hall–Kier alpha value is -1.53. The molecule has 2 fully saturated rings. The van der Waals surface area contributed by atoms with E-state index in [9.17, 15) is 4.79 Å². The minimum atomic E-state index is -0.164. The van der Waals surface area contributed by atoms with E-state index in [-0.39, 0.29) is 12.1 Å². The van der Waals surface area contributed by atoms with Gasteiger partial charge in [-0.15, -0.1) is 0 Å². The molecule has 6 heteroatoms. The molecule has 3 heterocycles. The number of aryl methyl sites for hydroxylation is 1. The molecule has 0 aliphatic carbocycles.